The van der Waals surface area contributed by atoms with Gasteiger partial charge >= 0.3 is 0 Å². The maximum Gasteiger partial charge on any atom is 0.261 e. The molecule has 2 aromatic carbocycles. The first-order chi connectivity index (χ1) is 12.1. The summed E-state index contributed by atoms with van der Waals surface area (Å²) >= 11 is 6.15. The van der Waals surface area contributed by atoms with Crippen molar-refractivity contribution >= 4 is 21.7 Å². The summed E-state index contributed by atoms with van der Waals surface area (Å²) in [5.74, 6) is 4.09. The normalized spacial score (nSPS) is 21.7. The van der Waals surface area contributed by atoms with E-state index in [0.29, 0.717) is 11.3 Å². The monoisotopic (exact) mass is 406 g/mol. The van der Waals surface area contributed by atoms with Crippen LogP contribution in [0.4, 0.5) is 8.78 Å². The molecule has 10 heteroatoms. The SMILES string of the molecule is CS(=O)(=O)O.NNCC1(c2ccc(F)cc2F)OC1c1ccccc1Cl. The van der Waals surface area contributed by atoms with Gasteiger partial charge in [0.15, 0.2) is 0 Å². The van der Waals surface area contributed by atoms with Crippen LogP contribution < -0.4 is 11.3 Å². The lowest BCUT2D eigenvalue weighted by Crippen LogP contribution is -2.34. The van der Waals surface area contributed by atoms with Crippen molar-refractivity contribution in [3.05, 3.63) is 70.2 Å². The maximum absolute atomic E-state index is 14.1. The fourth-order valence-corrected chi connectivity index (χ4v) is 2.83. The van der Waals surface area contributed by atoms with Crippen LogP contribution in [0.5, 0.6) is 0 Å². The standard InChI is InChI=1S/C15H13ClF2N2O.CH4O3S/c16-12-4-2-1-3-10(12)14-15(21-14,8-20-19)11-6-5-9(17)7-13(11)18;1-5(2,3)4/h1-7,14,20H,8,19H2;1H3,(H,2,3,4). The lowest BCUT2D eigenvalue weighted by atomic mass is 9.91. The lowest BCUT2D eigenvalue weighted by Gasteiger charge is -2.14. The third-order valence-corrected chi connectivity index (χ3v) is 3.98. The van der Waals surface area contributed by atoms with Crippen LogP contribution in [0.2, 0.25) is 5.02 Å². The Balaban J connectivity index is 0.000000431. The molecular weight excluding hydrogens is 390 g/mol. The third-order valence-electron chi connectivity index (χ3n) is 3.63. The second kappa shape index (κ2) is 7.95. The van der Waals surface area contributed by atoms with Crippen molar-refractivity contribution in [1.82, 2.24) is 5.43 Å². The van der Waals surface area contributed by atoms with Crippen molar-refractivity contribution in [2.24, 2.45) is 5.84 Å². The molecule has 0 amide bonds. The number of hydrogen-bond donors (Lipinski definition) is 3. The number of epoxide rings is 1. The summed E-state index contributed by atoms with van der Waals surface area (Å²) in [6.45, 7) is 0.186. The molecule has 0 bridgehead atoms. The molecule has 1 aliphatic rings. The number of benzene rings is 2. The minimum atomic E-state index is -3.67. The van der Waals surface area contributed by atoms with E-state index in [0.717, 1.165) is 11.6 Å². The van der Waals surface area contributed by atoms with Gasteiger partial charge in [0.25, 0.3) is 10.1 Å². The Hall–Kier alpha value is -1.62. The second-order valence-corrected chi connectivity index (χ2v) is 7.52. The van der Waals surface area contributed by atoms with Gasteiger partial charge in [0.1, 0.15) is 23.3 Å². The molecule has 3 rings (SSSR count). The number of ether oxygens (including phenoxy) is 1. The molecular formula is C16H17ClF2N2O4S. The van der Waals surface area contributed by atoms with E-state index in [2.05, 4.69) is 5.43 Å². The van der Waals surface area contributed by atoms with E-state index in [1.807, 2.05) is 12.1 Å². The Morgan fingerprint density at radius 1 is 1.31 bits per heavy atom. The Morgan fingerprint density at radius 2 is 1.92 bits per heavy atom. The fraction of sp³-hybridized carbons (Fsp3) is 0.250. The van der Waals surface area contributed by atoms with Gasteiger partial charge < -0.3 is 4.74 Å². The van der Waals surface area contributed by atoms with Crippen LogP contribution in [0, 0.1) is 11.6 Å². The summed E-state index contributed by atoms with van der Waals surface area (Å²) in [5, 5.41) is 0.531. The van der Waals surface area contributed by atoms with Gasteiger partial charge in [-0.2, -0.15) is 8.42 Å². The zero-order valence-electron chi connectivity index (χ0n) is 13.6. The van der Waals surface area contributed by atoms with Crippen LogP contribution in [-0.4, -0.2) is 25.8 Å². The molecule has 0 saturated carbocycles. The van der Waals surface area contributed by atoms with Crippen molar-refractivity contribution in [3.63, 3.8) is 0 Å². The van der Waals surface area contributed by atoms with Crippen LogP contribution in [0.25, 0.3) is 0 Å². The molecule has 0 aliphatic carbocycles. The van der Waals surface area contributed by atoms with Crippen LogP contribution in [-0.2, 0) is 20.5 Å². The van der Waals surface area contributed by atoms with Gasteiger partial charge in [-0.05, 0) is 12.1 Å². The number of halogens is 3. The number of nitrogens with two attached hydrogens (primary N) is 1. The van der Waals surface area contributed by atoms with E-state index >= 15 is 0 Å². The van der Waals surface area contributed by atoms with E-state index < -0.39 is 33.5 Å². The molecule has 4 N–H and O–H groups in total. The highest BCUT2D eigenvalue weighted by Gasteiger charge is 2.59. The van der Waals surface area contributed by atoms with Gasteiger partial charge in [0, 0.05) is 28.8 Å². The van der Waals surface area contributed by atoms with E-state index in [4.69, 9.17) is 26.7 Å². The first kappa shape index (κ1) is 20.7. The summed E-state index contributed by atoms with van der Waals surface area (Å²) < 4.78 is 58.8. The minimum Gasteiger partial charge on any atom is -0.354 e. The molecule has 2 aromatic rings. The summed E-state index contributed by atoms with van der Waals surface area (Å²) in [6, 6.07) is 10.6. The van der Waals surface area contributed by atoms with E-state index in [1.54, 1.807) is 12.1 Å². The molecule has 0 spiro atoms. The topological polar surface area (TPSA) is 105 Å². The Morgan fingerprint density at radius 3 is 2.46 bits per heavy atom. The highest BCUT2D eigenvalue weighted by Crippen LogP contribution is 2.58. The van der Waals surface area contributed by atoms with E-state index in [-0.39, 0.29) is 12.1 Å². The Labute approximate surface area is 154 Å². The highest BCUT2D eigenvalue weighted by molar-refractivity contribution is 7.85. The quantitative estimate of drug-likeness (QED) is 0.312. The number of rotatable bonds is 4. The molecule has 142 valence electrons. The molecule has 6 nitrogen and oxygen atoms in total. The zero-order valence-corrected chi connectivity index (χ0v) is 15.2. The molecule has 1 saturated heterocycles. The minimum absolute atomic E-state index is 0.186. The van der Waals surface area contributed by atoms with Gasteiger partial charge in [0.05, 0.1) is 6.26 Å². The second-order valence-electron chi connectivity index (χ2n) is 5.65. The average Bonchev–Trinajstić information content (AvgIpc) is 3.21. The molecule has 0 aromatic heterocycles. The van der Waals surface area contributed by atoms with Crippen LogP contribution in [0.15, 0.2) is 42.5 Å². The highest BCUT2D eigenvalue weighted by atomic mass is 35.5. The van der Waals surface area contributed by atoms with Gasteiger partial charge in [0.2, 0.25) is 0 Å². The molecule has 26 heavy (non-hydrogen) atoms. The lowest BCUT2D eigenvalue weighted by molar-refractivity contribution is 0.282. The van der Waals surface area contributed by atoms with Gasteiger partial charge in [-0.15, -0.1) is 0 Å². The first-order valence-electron chi connectivity index (χ1n) is 7.32. The molecule has 1 heterocycles. The molecule has 2 unspecified atom stereocenters. The Kier molecular flexibility index (Phi) is 6.33. The summed E-state index contributed by atoms with van der Waals surface area (Å²) in [6.07, 6.45) is 0.287. The number of hydrogen-bond acceptors (Lipinski definition) is 5. The predicted molar refractivity (Wildman–Crippen MR) is 93.0 cm³/mol. The Bertz CT molecular complexity index is 890. The molecule has 2 atom stereocenters. The molecule has 1 fully saturated rings. The molecule has 0 radical (unpaired) electrons. The van der Waals surface area contributed by atoms with Crippen LogP contribution >= 0.6 is 11.6 Å². The van der Waals surface area contributed by atoms with Crippen molar-refractivity contribution < 1.29 is 26.5 Å². The maximum atomic E-state index is 14.1. The molecule has 1 aliphatic heterocycles. The summed E-state index contributed by atoms with van der Waals surface area (Å²) in [7, 11) is -3.67. The zero-order chi connectivity index (χ0) is 19.5. The van der Waals surface area contributed by atoms with E-state index in [9.17, 15) is 17.2 Å². The first-order valence-corrected chi connectivity index (χ1v) is 9.55. The summed E-state index contributed by atoms with van der Waals surface area (Å²) in [4.78, 5) is 0. The average molecular weight is 407 g/mol. The van der Waals surface area contributed by atoms with Gasteiger partial charge in [-0.25, -0.2) is 8.78 Å². The fourth-order valence-electron chi connectivity index (χ4n) is 2.60. The number of nitrogens with one attached hydrogen (secondary N) is 1. The van der Waals surface area contributed by atoms with Crippen molar-refractivity contribution in [3.8, 4) is 0 Å². The smallest absolute Gasteiger partial charge is 0.261 e. The van der Waals surface area contributed by atoms with E-state index in [1.165, 1.54) is 12.1 Å². The van der Waals surface area contributed by atoms with Gasteiger partial charge in [-0.1, -0.05) is 35.9 Å². The number of hydrazine groups is 1. The van der Waals surface area contributed by atoms with Crippen LogP contribution in [0.3, 0.4) is 0 Å². The van der Waals surface area contributed by atoms with Crippen molar-refractivity contribution in [1.29, 1.82) is 0 Å². The van der Waals surface area contributed by atoms with Gasteiger partial charge in [-0.3, -0.25) is 15.8 Å². The third kappa shape index (κ3) is 4.97. The predicted octanol–water partition coefficient (Wildman–Crippen LogP) is 2.55. The van der Waals surface area contributed by atoms with Crippen LogP contribution in [0.1, 0.15) is 17.2 Å². The largest absolute Gasteiger partial charge is 0.354 e. The summed E-state index contributed by atoms with van der Waals surface area (Å²) in [5.41, 5.74) is 2.53. The van der Waals surface area contributed by atoms with Crippen molar-refractivity contribution in [2.45, 2.75) is 11.7 Å². The van der Waals surface area contributed by atoms with Crippen molar-refractivity contribution in [2.75, 3.05) is 12.8 Å².